The molecule has 5 nitrogen and oxygen atoms in total. The Hall–Kier alpha value is -1.10. The van der Waals surface area contributed by atoms with E-state index in [-0.39, 0.29) is 23.3 Å². The number of amides is 2. The van der Waals surface area contributed by atoms with Crippen LogP contribution in [0.15, 0.2) is 0 Å². The summed E-state index contributed by atoms with van der Waals surface area (Å²) in [5, 5.41) is 9.00. The number of nitrogens with one attached hydrogen (secondary N) is 3. The summed E-state index contributed by atoms with van der Waals surface area (Å²) >= 11 is 0. The van der Waals surface area contributed by atoms with Crippen molar-refractivity contribution in [3.8, 4) is 0 Å². The first-order valence-electron chi connectivity index (χ1n) is 7.24. The van der Waals surface area contributed by atoms with Gasteiger partial charge in [0.25, 0.3) is 0 Å². The molecule has 0 aromatic heterocycles. The summed E-state index contributed by atoms with van der Waals surface area (Å²) in [6.07, 6.45) is 4.24. The standard InChI is InChI=1S/C14H25N3O2/c1-9(12(18)17-10-5-6-10)16-13(19)11-14(2,3)7-4-8-15-11/h9-11,15H,4-8H2,1-3H3,(H,16,19)(H,17,18). The minimum Gasteiger partial charge on any atom is -0.352 e. The number of hydrogen-bond acceptors (Lipinski definition) is 3. The van der Waals surface area contributed by atoms with Gasteiger partial charge >= 0.3 is 0 Å². The number of hydrogen-bond donors (Lipinski definition) is 3. The lowest BCUT2D eigenvalue weighted by molar-refractivity contribution is -0.132. The maximum Gasteiger partial charge on any atom is 0.242 e. The van der Waals surface area contributed by atoms with Crippen LogP contribution in [-0.2, 0) is 9.59 Å². The van der Waals surface area contributed by atoms with Crippen molar-refractivity contribution in [1.29, 1.82) is 0 Å². The molecule has 2 amide bonds. The van der Waals surface area contributed by atoms with E-state index < -0.39 is 6.04 Å². The summed E-state index contributed by atoms with van der Waals surface area (Å²) in [7, 11) is 0. The average molecular weight is 267 g/mol. The second-order valence-electron chi connectivity index (χ2n) is 6.49. The van der Waals surface area contributed by atoms with Crippen LogP contribution in [0.3, 0.4) is 0 Å². The van der Waals surface area contributed by atoms with Crippen molar-refractivity contribution in [2.24, 2.45) is 5.41 Å². The quantitative estimate of drug-likeness (QED) is 0.696. The minimum atomic E-state index is -0.465. The Morgan fingerprint density at radius 1 is 1.32 bits per heavy atom. The summed E-state index contributed by atoms with van der Waals surface area (Å²) in [5.74, 6) is -0.146. The first-order valence-corrected chi connectivity index (χ1v) is 7.24. The molecule has 3 N–H and O–H groups in total. The summed E-state index contributed by atoms with van der Waals surface area (Å²) in [4.78, 5) is 24.1. The molecule has 2 aliphatic rings. The van der Waals surface area contributed by atoms with Crippen molar-refractivity contribution in [3.63, 3.8) is 0 Å². The molecule has 1 saturated carbocycles. The summed E-state index contributed by atoms with van der Waals surface area (Å²) in [5.41, 5.74) is -0.0605. The van der Waals surface area contributed by atoms with Crippen LogP contribution >= 0.6 is 0 Å². The smallest absolute Gasteiger partial charge is 0.242 e. The molecule has 0 aromatic rings. The predicted octanol–water partition coefficient (Wildman–Crippen LogP) is 0.548. The second kappa shape index (κ2) is 5.49. The van der Waals surface area contributed by atoms with E-state index in [0.29, 0.717) is 6.04 Å². The first kappa shape index (κ1) is 14.3. The van der Waals surface area contributed by atoms with Gasteiger partial charge in [0.1, 0.15) is 6.04 Å². The zero-order chi connectivity index (χ0) is 14.0. The fourth-order valence-corrected chi connectivity index (χ4v) is 2.57. The van der Waals surface area contributed by atoms with Crippen molar-refractivity contribution < 1.29 is 9.59 Å². The Bertz CT molecular complexity index is 364. The highest BCUT2D eigenvalue weighted by molar-refractivity contribution is 5.90. The Morgan fingerprint density at radius 3 is 2.58 bits per heavy atom. The van der Waals surface area contributed by atoms with Crippen molar-refractivity contribution in [2.75, 3.05) is 6.54 Å². The topological polar surface area (TPSA) is 70.2 Å². The van der Waals surface area contributed by atoms with Gasteiger partial charge in [0.05, 0.1) is 6.04 Å². The van der Waals surface area contributed by atoms with Crippen LogP contribution in [-0.4, -0.2) is 36.5 Å². The molecule has 1 heterocycles. The van der Waals surface area contributed by atoms with E-state index in [1.807, 2.05) is 0 Å². The van der Waals surface area contributed by atoms with Crippen LogP contribution < -0.4 is 16.0 Å². The van der Waals surface area contributed by atoms with Crippen LogP contribution in [0.25, 0.3) is 0 Å². The second-order valence-corrected chi connectivity index (χ2v) is 6.49. The van der Waals surface area contributed by atoms with Crippen LogP contribution in [0.4, 0.5) is 0 Å². The largest absolute Gasteiger partial charge is 0.352 e. The monoisotopic (exact) mass is 267 g/mol. The SMILES string of the molecule is CC(NC(=O)C1NCCCC1(C)C)C(=O)NC1CC1. The van der Waals surface area contributed by atoms with Gasteiger partial charge in [-0.2, -0.15) is 0 Å². The van der Waals surface area contributed by atoms with E-state index in [9.17, 15) is 9.59 Å². The molecule has 1 aliphatic carbocycles. The fourth-order valence-electron chi connectivity index (χ4n) is 2.57. The van der Waals surface area contributed by atoms with Gasteiger partial charge in [-0.3, -0.25) is 9.59 Å². The molecule has 0 radical (unpaired) electrons. The van der Waals surface area contributed by atoms with E-state index in [1.165, 1.54) is 0 Å². The van der Waals surface area contributed by atoms with Crippen molar-refractivity contribution >= 4 is 11.8 Å². The van der Waals surface area contributed by atoms with Gasteiger partial charge in [-0.15, -0.1) is 0 Å². The first-order chi connectivity index (χ1) is 8.90. The normalized spacial score (nSPS) is 27.4. The predicted molar refractivity (Wildman–Crippen MR) is 73.6 cm³/mol. The Morgan fingerprint density at radius 2 is 2.00 bits per heavy atom. The molecule has 108 valence electrons. The Balaban J connectivity index is 1.86. The molecule has 1 saturated heterocycles. The van der Waals surface area contributed by atoms with Gasteiger partial charge in [-0.1, -0.05) is 13.8 Å². The van der Waals surface area contributed by atoms with E-state index in [4.69, 9.17) is 0 Å². The molecule has 2 unspecified atom stereocenters. The Kier molecular flexibility index (Phi) is 4.13. The molecule has 5 heteroatoms. The molecule has 0 spiro atoms. The molecule has 19 heavy (non-hydrogen) atoms. The van der Waals surface area contributed by atoms with Gasteiger partial charge in [-0.05, 0) is 44.6 Å². The van der Waals surface area contributed by atoms with Gasteiger partial charge in [0.15, 0.2) is 0 Å². The third-order valence-electron chi connectivity index (χ3n) is 4.07. The van der Waals surface area contributed by atoms with Crippen LogP contribution in [0.1, 0.15) is 46.5 Å². The molecular weight excluding hydrogens is 242 g/mol. The zero-order valence-electron chi connectivity index (χ0n) is 12.1. The van der Waals surface area contributed by atoms with E-state index in [0.717, 1.165) is 32.2 Å². The maximum atomic E-state index is 12.3. The number of carbonyl (C=O) groups is 2. The number of carbonyl (C=O) groups excluding carboxylic acids is 2. The molecule has 0 aromatic carbocycles. The summed E-state index contributed by atoms with van der Waals surface area (Å²) in [6, 6.07) is -0.346. The third kappa shape index (κ3) is 3.69. The van der Waals surface area contributed by atoms with Crippen molar-refractivity contribution in [2.45, 2.75) is 64.6 Å². The lowest BCUT2D eigenvalue weighted by Gasteiger charge is -2.38. The molecule has 2 rings (SSSR count). The summed E-state index contributed by atoms with van der Waals surface area (Å²) < 4.78 is 0. The molecule has 1 aliphatic heterocycles. The van der Waals surface area contributed by atoms with Crippen LogP contribution in [0, 0.1) is 5.41 Å². The van der Waals surface area contributed by atoms with Crippen LogP contribution in [0.5, 0.6) is 0 Å². The zero-order valence-corrected chi connectivity index (χ0v) is 12.1. The van der Waals surface area contributed by atoms with Gasteiger partial charge in [0.2, 0.25) is 11.8 Å². The fraction of sp³-hybridized carbons (Fsp3) is 0.857. The number of piperidine rings is 1. The van der Waals surface area contributed by atoms with Gasteiger partial charge in [-0.25, -0.2) is 0 Å². The van der Waals surface area contributed by atoms with Crippen molar-refractivity contribution in [1.82, 2.24) is 16.0 Å². The lowest BCUT2D eigenvalue weighted by atomic mass is 9.77. The van der Waals surface area contributed by atoms with E-state index in [1.54, 1.807) is 6.92 Å². The minimum absolute atomic E-state index is 0.0605. The van der Waals surface area contributed by atoms with Crippen LogP contribution in [0.2, 0.25) is 0 Å². The molecule has 0 bridgehead atoms. The summed E-state index contributed by atoms with van der Waals surface area (Å²) in [6.45, 7) is 6.80. The average Bonchev–Trinajstić information content (AvgIpc) is 3.11. The molecule has 2 atom stereocenters. The highest BCUT2D eigenvalue weighted by Gasteiger charge is 2.38. The number of rotatable bonds is 4. The lowest BCUT2D eigenvalue weighted by Crippen LogP contribution is -2.58. The van der Waals surface area contributed by atoms with Gasteiger partial charge in [0, 0.05) is 6.04 Å². The van der Waals surface area contributed by atoms with E-state index >= 15 is 0 Å². The third-order valence-corrected chi connectivity index (χ3v) is 4.07. The van der Waals surface area contributed by atoms with Gasteiger partial charge < -0.3 is 16.0 Å². The Labute approximate surface area is 114 Å². The molecular formula is C14H25N3O2. The maximum absolute atomic E-state index is 12.3. The van der Waals surface area contributed by atoms with Crippen molar-refractivity contribution in [3.05, 3.63) is 0 Å². The highest BCUT2D eigenvalue weighted by atomic mass is 16.2. The van der Waals surface area contributed by atoms with E-state index in [2.05, 4.69) is 29.8 Å². The highest BCUT2D eigenvalue weighted by Crippen LogP contribution is 2.30. The molecule has 2 fully saturated rings.